The molecule has 0 aromatic heterocycles. The van der Waals surface area contributed by atoms with Gasteiger partial charge < -0.3 is 9.84 Å². The lowest BCUT2D eigenvalue weighted by Gasteiger charge is -2.06. The Morgan fingerprint density at radius 3 is 2.25 bits per heavy atom. The number of carboxylic acids is 1. The highest BCUT2D eigenvalue weighted by Gasteiger charge is 2.04. The summed E-state index contributed by atoms with van der Waals surface area (Å²) in [6.45, 7) is 0. The van der Waals surface area contributed by atoms with E-state index in [1.165, 1.54) is 12.1 Å². The third-order valence-electron chi connectivity index (χ3n) is 2.43. The smallest absolute Gasteiger partial charge is 0.328 e. The summed E-state index contributed by atoms with van der Waals surface area (Å²) in [5.74, 6) is -2.34. The maximum Gasteiger partial charge on any atom is 0.328 e. The molecule has 0 saturated heterocycles. The summed E-state index contributed by atoms with van der Waals surface area (Å²) in [4.78, 5) is 10.4. The summed E-state index contributed by atoms with van der Waals surface area (Å²) >= 11 is 0. The van der Waals surface area contributed by atoms with Crippen LogP contribution < -0.4 is 4.74 Å². The molecule has 0 saturated carbocycles. The Labute approximate surface area is 113 Å². The third kappa shape index (κ3) is 3.65. The average Bonchev–Trinajstić information content (AvgIpc) is 2.42. The summed E-state index contributed by atoms with van der Waals surface area (Å²) in [6.07, 6.45) is 2.45. The molecule has 0 spiro atoms. The number of carbonyl (C=O) groups is 1. The zero-order valence-corrected chi connectivity index (χ0v) is 10.2. The Balaban J connectivity index is 2.10. The second kappa shape index (κ2) is 5.97. The monoisotopic (exact) mass is 276 g/mol. The molecule has 0 heterocycles. The van der Waals surface area contributed by atoms with Gasteiger partial charge in [-0.2, -0.15) is 0 Å². The van der Waals surface area contributed by atoms with E-state index in [0.29, 0.717) is 11.3 Å². The fourth-order valence-electron chi connectivity index (χ4n) is 1.49. The molecule has 0 fully saturated rings. The Bertz CT molecular complexity index is 649. The lowest BCUT2D eigenvalue weighted by Crippen LogP contribution is -1.88. The molecule has 102 valence electrons. The summed E-state index contributed by atoms with van der Waals surface area (Å²) in [6, 6.07) is 9.74. The number of hydrogen-bond acceptors (Lipinski definition) is 2. The highest BCUT2D eigenvalue weighted by atomic mass is 19.2. The van der Waals surface area contributed by atoms with Gasteiger partial charge in [-0.1, -0.05) is 12.1 Å². The number of aliphatic carboxylic acids is 1. The van der Waals surface area contributed by atoms with Crippen LogP contribution in [0.15, 0.2) is 48.5 Å². The van der Waals surface area contributed by atoms with Crippen LogP contribution >= 0.6 is 0 Å². The van der Waals surface area contributed by atoms with E-state index in [2.05, 4.69) is 0 Å². The predicted octanol–water partition coefficient (Wildman–Crippen LogP) is 3.85. The van der Waals surface area contributed by atoms with Gasteiger partial charge in [0.05, 0.1) is 0 Å². The normalized spacial score (nSPS) is 10.7. The van der Waals surface area contributed by atoms with E-state index in [1.807, 2.05) is 0 Å². The van der Waals surface area contributed by atoms with Crippen LogP contribution in [-0.4, -0.2) is 11.1 Å². The van der Waals surface area contributed by atoms with Gasteiger partial charge in [-0.15, -0.1) is 0 Å². The van der Waals surface area contributed by atoms with Crippen LogP contribution in [0.3, 0.4) is 0 Å². The number of hydrogen-bond donors (Lipinski definition) is 1. The third-order valence-corrected chi connectivity index (χ3v) is 2.43. The number of ether oxygens (including phenoxy) is 1. The maximum atomic E-state index is 13.0. The highest BCUT2D eigenvalue weighted by Crippen LogP contribution is 2.23. The zero-order valence-electron chi connectivity index (χ0n) is 10.2. The van der Waals surface area contributed by atoms with Crippen LogP contribution in [0.4, 0.5) is 8.78 Å². The molecule has 20 heavy (non-hydrogen) atoms. The molecule has 0 aliphatic heterocycles. The van der Waals surface area contributed by atoms with Crippen molar-refractivity contribution < 1.29 is 23.4 Å². The SMILES string of the molecule is O=C(O)/C=C/c1ccc(Oc2ccc(F)c(F)c2)cc1. The first-order valence-corrected chi connectivity index (χ1v) is 5.68. The standard InChI is InChI=1S/C15H10F2O3/c16-13-7-6-12(9-14(13)17)20-11-4-1-10(2-5-11)3-8-15(18)19/h1-9H,(H,18,19)/b8-3+. The van der Waals surface area contributed by atoms with E-state index in [1.54, 1.807) is 24.3 Å². The lowest BCUT2D eigenvalue weighted by molar-refractivity contribution is -0.131. The topological polar surface area (TPSA) is 46.5 Å². The number of benzene rings is 2. The van der Waals surface area contributed by atoms with Gasteiger partial charge in [0.2, 0.25) is 0 Å². The highest BCUT2D eigenvalue weighted by molar-refractivity contribution is 5.85. The molecule has 2 rings (SSSR count). The predicted molar refractivity (Wildman–Crippen MR) is 69.5 cm³/mol. The molecule has 0 bridgehead atoms. The molecule has 0 atom stereocenters. The zero-order chi connectivity index (χ0) is 14.5. The van der Waals surface area contributed by atoms with Crippen molar-refractivity contribution in [2.75, 3.05) is 0 Å². The fourth-order valence-corrected chi connectivity index (χ4v) is 1.49. The second-order valence-electron chi connectivity index (χ2n) is 3.92. The fraction of sp³-hybridized carbons (Fsp3) is 0. The molecule has 0 amide bonds. The minimum Gasteiger partial charge on any atom is -0.478 e. The molecule has 3 nitrogen and oxygen atoms in total. The molecule has 2 aromatic rings. The van der Waals surface area contributed by atoms with Crippen molar-refractivity contribution in [1.82, 2.24) is 0 Å². The Morgan fingerprint density at radius 2 is 1.65 bits per heavy atom. The van der Waals surface area contributed by atoms with E-state index in [9.17, 15) is 13.6 Å². The molecule has 0 radical (unpaired) electrons. The van der Waals surface area contributed by atoms with Crippen LogP contribution in [0, 0.1) is 11.6 Å². The molecular formula is C15H10F2O3. The van der Waals surface area contributed by atoms with Crippen LogP contribution in [0.1, 0.15) is 5.56 Å². The Morgan fingerprint density at radius 1 is 1.00 bits per heavy atom. The molecule has 0 aliphatic carbocycles. The van der Waals surface area contributed by atoms with Gasteiger partial charge in [-0.3, -0.25) is 0 Å². The van der Waals surface area contributed by atoms with Crippen molar-refractivity contribution in [2.24, 2.45) is 0 Å². The van der Waals surface area contributed by atoms with Crippen LogP contribution in [0.2, 0.25) is 0 Å². The first-order valence-electron chi connectivity index (χ1n) is 5.68. The number of rotatable bonds is 4. The van der Waals surface area contributed by atoms with Gasteiger partial charge in [0.25, 0.3) is 0 Å². The number of halogens is 2. The molecule has 0 aliphatic rings. The summed E-state index contributed by atoms with van der Waals surface area (Å²) in [7, 11) is 0. The Kier molecular flexibility index (Phi) is 4.10. The van der Waals surface area contributed by atoms with Gasteiger partial charge in [0, 0.05) is 12.1 Å². The van der Waals surface area contributed by atoms with Gasteiger partial charge in [-0.05, 0) is 35.9 Å². The van der Waals surface area contributed by atoms with Crippen molar-refractivity contribution in [1.29, 1.82) is 0 Å². The van der Waals surface area contributed by atoms with Crippen molar-refractivity contribution >= 4 is 12.0 Å². The van der Waals surface area contributed by atoms with Gasteiger partial charge in [-0.25, -0.2) is 13.6 Å². The molecule has 2 aromatic carbocycles. The minimum atomic E-state index is -1.04. The van der Waals surface area contributed by atoms with Crippen molar-refractivity contribution in [3.05, 3.63) is 65.7 Å². The van der Waals surface area contributed by atoms with E-state index in [0.717, 1.165) is 18.2 Å². The van der Waals surface area contributed by atoms with Gasteiger partial charge in [0.1, 0.15) is 11.5 Å². The van der Waals surface area contributed by atoms with Crippen molar-refractivity contribution in [3.63, 3.8) is 0 Å². The molecule has 1 N–H and O–H groups in total. The van der Waals surface area contributed by atoms with Gasteiger partial charge >= 0.3 is 5.97 Å². The Hall–Kier alpha value is -2.69. The van der Waals surface area contributed by atoms with E-state index < -0.39 is 17.6 Å². The molecule has 0 unspecified atom stereocenters. The first kappa shape index (κ1) is 13.7. The quantitative estimate of drug-likeness (QED) is 0.863. The van der Waals surface area contributed by atoms with Crippen molar-refractivity contribution in [3.8, 4) is 11.5 Å². The largest absolute Gasteiger partial charge is 0.478 e. The summed E-state index contributed by atoms with van der Waals surface area (Å²) in [5, 5.41) is 8.49. The minimum absolute atomic E-state index is 0.178. The maximum absolute atomic E-state index is 13.0. The van der Waals surface area contributed by atoms with Crippen LogP contribution in [-0.2, 0) is 4.79 Å². The number of carboxylic acid groups (broad SMARTS) is 1. The lowest BCUT2D eigenvalue weighted by atomic mass is 10.2. The van der Waals surface area contributed by atoms with Crippen molar-refractivity contribution in [2.45, 2.75) is 0 Å². The van der Waals surface area contributed by atoms with E-state index in [4.69, 9.17) is 9.84 Å². The van der Waals surface area contributed by atoms with E-state index >= 15 is 0 Å². The second-order valence-corrected chi connectivity index (χ2v) is 3.92. The van der Waals surface area contributed by atoms with Gasteiger partial charge in [0.15, 0.2) is 11.6 Å². The summed E-state index contributed by atoms with van der Waals surface area (Å²) in [5.41, 5.74) is 0.685. The summed E-state index contributed by atoms with van der Waals surface area (Å²) < 4.78 is 31.1. The van der Waals surface area contributed by atoms with Crippen LogP contribution in [0.25, 0.3) is 6.08 Å². The van der Waals surface area contributed by atoms with Crippen LogP contribution in [0.5, 0.6) is 11.5 Å². The molecular weight excluding hydrogens is 266 g/mol. The first-order chi connectivity index (χ1) is 9.54. The van der Waals surface area contributed by atoms with E-state index in [-0.39, 0.29) is 5.75 Å². The average molecular weight is 276 g/mol. The molecule has 5 heteroatoms.